The molecule has 1 aliphatic carbocycles. The summed E-state index contributed by atoms with van der Waals surface area (Å²) in [4.78, 5) is 19.3. The molecule has 1 aromatic carbocycles. The molecule has 0 atom stereocenters. The summed E-state index contributed by atoms with van der Waals surface area (Å²) in [5.41, 5.74) is 5.41. The zero-order chi connectivity index (χ0) is 16.8. The Hall–Kier alpha value is -2.62. The molecule has 0 N–H and O–H groups in total. The van der Waals surface area contributed by atoms with Gasteiger partial charge in [0.2, 0.25) is 0 Å². The number of rotatable bonds is 2. The van der Waals surface area contributed by atoms with Crippen molar-refractivity contribution >= 4 is 16.7 Å². The van der Waals surface area contributed by atoms with Crippen molar-refractivity contribution in [2.24, 2.45) is 7.05 Å². The number of aryl methyl sites for hydroxylation is 2. The van der Waals surface area contributed by atoms with Gasteiger partial charge < -0.3 is 9.47 Å². The minimum Gasteiger partial charge on any atom is -0.370 e. The minimum atomic E-state index is 0.0700. The molecule has 0 amide bonds. The molecule has 2 aromatic heterocycles. The molecular formula is C20H21N3O. The second-order valence-corrected chi connectivity index (χ2v) is 6.76. The fraction of sp³-hybridized carbons (Fsp3) is 0.300. The first-order chi connectivity index (χ1) is 11.5. The molecule has 24 heavy (non-hydrogen) atoms. The van der Waals surface area contributed by atoms with Crippen LogP contribution in [0.15, 0.2) is 47.5 Å². The van der Waals surface area contributed by atoms with Gasteiger partial charge in [0, 0.05) is 31.9 Å². The van der Waals surface area contributed by atoms with Crippen molar-refractivity contribution in [3.8, 4) is 0 Å². The predicted molar refractivity (Wildman–Crippen MR) is 97.8 cm³/mol. The van der Waals surface area contributed by atoms with Crippen LogP contribution in [0.5, 0.6) is 0 Å². The van der Waals surface area contributed by atoms with E-state index in [0.29, 0.717) is 11.4 Å². The van der Waals surface area contributed by atoms with Crippen LogP contribution in [0.25, 0.3) is 11.0 Å². The number of hydrogen-bond donors (Lipinski definition) is 0. The van der Waals surface area contributed by atoms with Gasteiger partial charge in [-0.2, -0.15) is 0 Å². The number of benzene rings is 1. The molecule has 0 unspecified atom stereocenters. The minimum absolute atomic E-state index is 0.0700. The van der Waals surface area contributed by atoms with Crippen LogP contribution in [0.2, 0.25) is 0 Å². The molecule has 0 spiro atoms. The van der Waals surface area contributed by atoms with Gasteiger partial charge in [-0.25, -0.2) is 4.98 Å². The Kier molecular flexibility index (Phi) is 3.41. The average Bonchev–Trinajstić information content (AvgIpc) is 3.03. The summed E-state index contributed by atoms with van der Waals surface area (Å²) in [7, 11) is 4.03. The summed E-state index contributed by atoms with van der Waals surface area (Å²) in [5, 5.41) is 0.692. The summed E-state index contributed by atoms with van der Waals surface area (Å²) in [6.07, 6.45) is 5.79. The first-order valence-electron chi connectivity index (χ1n) is 8.30. The van der Waals surface area contributed by atoms with Gasteiger partial charge in [-0.05, 0) is 37.0 Å². The van der Waals surface area contributed by atoms with Crippen LogP contribution in [0.4, 0.5) is 5.69 Å². The van der Waals surface area contributed by atoms with Gasteiger partial charge in [-0.15, -0.1) is 0 Å². The smallest absolute Gasteiger partial charge is 0.193 e. The normalized spacial score (nSPS) is 14.1. The lowest BCUT2D eigenvalue weighted by molar-refractivity contribution is 0.666. The van der Waals surface area contributed by atoms with Gasteiger partial charge >= 0.3 is 0 Å². The van der Waals surface area contributed by atoms with Crippen molar-refractivity contribution in [3.63, 3.8) is 0 Å². The van der Waals surface area contributed by atoms with Crippen molar-refractivity contribution < 1.29 is 0 Å². The number of aromatic nitrogens is 2. The van der Waals surface area contributed by atoms with Crippen LogP contribution in [0.1, 0.15) is 16.7 Å². The molecule has 4 rings (SSSR count). The molecule has 0 radical (unpaired) electrons. The maximum atomic E-state index is 12.5. The van der Waals surface area contributed by atoms with Gasteiger partial charge in [-0.3, -0.25) is 4.79 Å². The number of likely N-dealkylation sites (N-methyl/N-ethyl adjacent to an activating group) is 1. The predicted octanol–water partition coefficient (Wildman–Crippen LogP) is 2.85. The van der Waals surface area contributed by atoms with Gasteiger partial charge in [0.25, 0.3) is 0 Å². The third-order valence-electron chi connectivity index (χ3n) is 5.16. The van der Waals surface area contributed by atoms with Crippen molar-refractivity contribution in [1.82, 2.24) is 9.55 Å². The molecule has 0 saturated heterocycles. The van der Waals surface area contributed by atoms with E-state index >= 15 is 0 Å². The molecule has 0 fully saturated rings. The number of fused-ring (bicyclic) bond motifs is 2. The van der Waals surface area contributed by atoms with Crippen LogP contribution in [0, 0.1) is 6.92 Å². The molecule has 0 aliphatic heterocycles. The van der Waals surface area contributed by atoms with E-state index in [4.69, 9.17) is 0 Å². The Morgan fingerprint density at radius 2 is 1.88 bits per heavy atom. The first-order valence-corrected chi connectivity index (χ1v) is 8.30. The first kappa shape index (κ1) is 14.9. The van der Waals surface area contributed by atoms with Gasteiger partial charge in [0.15, 0.2) is 5.43 Å². The zero-order valence-corrected chi connectivity index (χ0v) is 14.3. The third-order valence-corrected chi connectivity index (χ3v) is 5.16. The van der Waals surface area contributed by atoms with Crippen molar-refractivity contribution in [2.75, 3.05) is 11.9 Å². The SMILES string of the molecule is Cc1cn(C)c2ncc(N(C)C3Cc4ccccc4C3)cc2c1=O. The molecular weight excluding hydrogens is 298 g/mol. The van der Waals surface area contributed by atoms with E-state index in [2.05, 4.69) is 41.2 Å². The average molecular weight is 319 g/mol. The Bertz CT molecular complexity index is 965. The van der Waals surface area contributed by atoms with Crippen molar-refractivity contribution in [2.45, 2.75) is 25.8 Å². The number of nitrogens with zero attached hydrogens (tertiary/aromatic N) is 3. The van der Waals surface area contributed by atoms with E-state index in [0.717, 1.165) is 29.7 Å². The summed E-state index contributed by atoms with van der Waals surface area (Å²) < 4.78 is 1.92. The van der Waals surface area contributed by atoms with Crippen LogP contribution in [-0.2, 0) is 19.9 Å². The largest absolute Gasteiger partial charge is 0.370 e. The maximum Gasteiger partial charge on any atom is 0.193 e. The van der Waals surface area contributed by atoms with E-state index in [-0.39, 0.29) is 5.43 Å². The summed E-state index contributed by atoms with van der Waals surface area (Å²) in [6.45, 7) is 1.85. The Labute approximate surface area is 141 Å². The van der Waals surface area contributed by atoms with Crippen LogP contribution >= 0.6 is 0 Å². The van der Waals surface area contributed by atoms with Crippen molar-refractivity contribution in [3.05, 3.63) is 69.6 Å². The highest BCUT2D eigenvalue weighted by atomic mass is 16.1. The lowest BCUT2D eigenvalue weighted by atomic mass is 10.1. The molecule has 0 bridgehead atoms. The van der Waals surface area contributed by atoms with E-state index in [9.17, 15) is 4.79 Å². The second kappa shape index (κ2) is 5.48. The molecule has 1 aliphatic rings. The van der Waals surface area contributed by atoms with Crippen molar-refractivity contribution in [1.29, 1.82) is 0 Å². The van der Waals surface area contributed by atoms with Crippen LogP contribution in [-0.4, -0.2) is 22.6 Å². The molecule has 0 saturated carbocycles. The van der Waals surface area contributed by atoms with E-state index < -0.39 is 0 Å². The van der Waals surface area contributed by atoms with Gasteiger partial charge in [0.1, 0.15) is 5.65 Å². The molecule has 3 aromatic rings. The highest BCUT2D eigenvalue weighted by molar-refractivity contribution is 5.79. The fourth-order valence-electron chi connectivity index (χ4n) is 3.73. The highest BCUT2D eigenvalue weighted by Gasteiger charge is 2.25. The maximum absolute atomic E-state index is 12.5. The lowest BCUT2D eigenvalue weighted by Gasteiger charge is -2.26. The Morgan fingerprint density at radius 1 is 1.21 bits per heavy atom. The number of pyridine rings is 2. The van der Waals surface area contributed by atoms with Crippen LogP contribution in [0.3, 0.4) is 0 Å². The number of hydrogen-bond acceptors (Lipinski definition) is 3. The highest BCUT2D eigenvalue weighted by Crippen LogP contribution is 2.28. The second-order valence-electron chi connectivity index (χ2n) is 6.76. The third kappa shape index (κ3) is 2.30. The fourth-order valence-corrected chi connectivity index (χ4v) is 3.73. The zero-order valence-electron chi connectivity index (χ0n) is 14.3. The molecule has 122 valence electrons. The number of anilines is 1. The lowest BCUT2D eigenvalue weighted by Crippen LogP contribution is -2.32. The summed E-state index contributed by atoms with van der Waals surface area (Å²) >= 11 is 0. The topological polar surface area (TPSA) is 38.1 Å². The van der Waals surface area contributed by atoms with E-state index in [1.165, 1.54) is 11.1 Å². The quantitative estimate of drug-likeness (QED) is 0.729. The molecule has 4 nitrogen and oxygen atoms in total. The standard InChI is InChI=1S/C20H21N3O/c1-13-12-22(2)20-18(19(13)24)10-17(11-21-20)23(3)16-8-14-6-4-5-7-15(14)9-16/h4-7,10-12,16H,8-9H2,1-3H3. The van der Waals surface area contributed by atoms with Gasteiger partial charge in [0.05, 0.1) is 17.3 Å². The van der Waals surface area contributed by atoms with E-state index in [1.807, 2.05) is 37.0 Å². The van der Waals surface area contributed by atoms with Gasteiger partial charge in [-0.1, -0.05) is 24.3 Å². The Balaban J connectivity index is 1.72. The summed E-state index contributed by atoms with van der Waals surface area (Å²) in [5.74, 6) is 0. The Morgan fingerprint density at radius 3 is 2.54 bits per heavy atom. The van der Waals surface area contributed by atoms with Crippen LogP contribution < -0.4 is 10.3 Å². The molecule has 2 heterocycles. The monoisotopic (exact) mass is 319 g/mol. The molecule has 4 heteroatoms. The summed E-state index contributed by atoms with van der Waals surface area (Å²) in [6, 6.07) is 11.0. The van der Waals surface area contributed by atoms with E-state index in [1.54, 1.807) is 0 Å².